The summed E-state index contributed by atoms with van der Waals surface area (Å²) in [6.45, 7) is 1.03. The molecule has 3 atom stereocenters. The van der Waals surface area contributed by atoms with E-state index in [0.29, 0.717) is 12.0 Å². The lowest BCUT2D eigenvalue weighted by Gasteiger charge is -2.14. The number of hydrogen-bond acceptors (Lipinski definition) is 2. The van der Waals surface area contributed by atoms with Crippen molar-refractivity contribution in [3.05, 3.63) is 35.9 Å². The normalized spacial score (nSPS) is 29.2. The molecule has 0 spiro atoms. The second-order valence-electron chi connectivity index (χ2n) is 5.59. The highest BCUT2D eigenvalue weighted by atomic mass is 32.2. The van der Waals surface area contributed by atoms with E-state index in [-0.39, 0.29) is 0 Å². The zero-order valence-corrected chi connectivity index (χ0v) is 12.8. The maximum atomic E-state index is 4.34. The number of rotatable bonds is 4. The van der Waals surface area contributed by atoms with Gasteiger partial charge in [0.25, 0.3) is 0 Å². The van der Waals surface area contributed by atoms with Gasteiger partial charge in [0.15, 0.2) is 5.96 Å². The van der Waals surface area contributed by atoms with Gasteiger partial charge in [0, 0.05) is 30.8 Å². The number of thioether (sulfide) groups is 1. The maximum Gasteiger partial charge on any atom is 0.191 e. The molecule has 2 N–H and O–H groups in total. The van der Waals surface area contributed by atoms with Crippen LogP contribution in [0.1, 0.15) is 30.7 Å². The molecule has 3 rings (SSSR count). The van der Waals surface area contributed by atoms with Crippen molar-refractivity contribution < 1.29 is 0 Å². The molecule has 3 unspecified atom stereocenters. The fourth-order valence-corrected chi connectivity index (χ4v) is 4.01. The molecule has 2 aliphatic rings. The molecule has 1 aromatic rings. The van der Waals surface area contributed by atoms with Crippen molar-refractivity contribution in [2.75, 3.05) is 19.3 Å². The highest BCUT2D eigenvalue weighted by molar-refractivity contribution is 8.00. The third-order valence-corrected chi connectivity index (χ3v) is 5.48. The number of aliphatic imine (C=N–C) groups is 1. The van der Waals surface area contributed by atoms with Gasteiger partial charge in [-0.2, -0.15) is 11.8 Å². The molecule has 1 aliphatic carbocycles. The van der Waals surface area contributed by atoms with Gasteiger partial charge in [0.05, 0.1) is 0 Å². The van der Waals surface area contributed by atoms with Gasteiger partial charge in [-0.1, -0.05) is 30.3 Å². The zero-order valence-electron chi connectivity index (χ0n) is 12.0. The lowest BCUT2D eigenvalue weighted by Crippen LogP contribution is -2.41. The fourth-order valence-electron chi connectivity index (χ4n) is 2.81. The molecule has 4 heteroatoms. The summed E-state index contributed by atoms with van der Waals surface area (Å²) in [7, 11) is 1.86. The minimum Gasteiger partial charge on any atom is -0.355 e. The minimum atomic E-state index is 0.542. The van der Waals surface area contributed by atoms with Crippen molar-refractivity contribution in [3.63, 3.8) is 0 Å². The highest BCUT2D eigenvalue weighted by Gasteiger charge is 2.38. The van der Waals surface area contributed by atoms with Crippen LogP contribution in [0.4, 0.5) is 0 Å². The molecular weight excluding hydrogens is 266 g/mol. The zero-order chi connectivity index (χ0) is 13.8. The Morgan fingerprint density at radius 2 is 2.20 bits per heavy atom. The summed E-state index contributed by atoms with van der Waals surface area (Å²) in [4.78, 5) is 4.34. The molecule has 3 nitrogen and oxygen atoms in total. The first-order valence-electron chi connectivity index (χ1n) is 7.50. The van der Waals surface area contributed by atoms with E-state index in [2.05, 4.69) is 57.7 Å². The Bertz CT molecular complexity index is 454. The third kappa shape index (κ3) is 3.48. The number of nitrogens with one attached hydrogen (secondary N) is 2. The molecule has 2 fully saturated rings. The summed E-state index contributed by atoms with van der Waals surface area (Å²) in [6, 6.07) is 11.3. The van der Waals surface area contributed by atoms with Crippen LogP contribution in [0.25, 0.3) is 0 Å². The molecule has 20 heavy (non-hydrogen) atoms. The second kappa shape index (κ2) is 6.53. The molecule has 0 radical (unpaired) electrons. The van der Waals surface area contributed by atoms with Crippen molar-refractivity contribution in [1.82, 2.24) is 10.6 Å². The lowest BCUT2D eigenvalue weighted by atomic mass is 10.1. The molecule has 1 saturated heterocycles. The summed E-state index contributed by atoms with van der Waals surface area (Å²) in [6.07, 6.45) is 3.91. The Labute approximate surface area is 125 Å². The summed E-state index contributed by atoms with van der Waals surface area (Å²) < 4.78 is 0. The first kappa shape index (κ1) is 13.8. The van der Waals surface area contributed by atoms with Gasteiger partial charge in [0.2, 0.25) is 0 Å². The Kier molecular flexibility index (Phi) is 4.51. The van der Waals surface area contributed by atoms with Gasteiger partial charge in [-0.05, 0) is 30.6 Å². The quantitative estimate of drug-likeness (QED) is 0.661. The molecule has 108 valence electrons. The molecule has 1 aromatic carbocycles. The number of benzene rings is 1. The van der Waals surface area contributed by atoms with Gasteiger partial charge >= 0.3 is 0 Å². The fraction of sp³-hybridized carbons (Fsp3) is 0.562. The van der Waals surface area contributed by atoms with Crippen LogP contribution in [0, 0.1) is 0 Å². The van der Waals surface area contributed by atoms with Gasteiger partial charge < -0.3 is 10.6 Å². The van der Waals surface area contributed by atoms with E-state index in [9.17, 15) is 0 Å². The molecule has 0 amide bonds. The molecule has 1 aliphatic heterocycles. The van der Waals surface area contributed by atoms with Gasteiger partial charge in [-0.25, -0.2) is 0 Å². The minimum absolute atomic E-state index is 0.542. The summed E-state index contributed by atoms with van der Waals surface area (Å²) in [5.74, 6) is 2.92. The van der Waals surface area contributed by atoms with Crippen LogP contribution in [0.5, 0.6) is 0 Å². The Hall–Kier alpha value is -1.16. The number of nitrogens with zero attached hydrogens (tertiary/aromatic N) is 1. The summed E-state index contributed by atoms with van der Waals surface area (Å²) >= 11 is 2.08. The van der Waals surface area contributed by atoms with Crippen molar-refractivity contribution >= 4 is 17.7 Å². The number of hydrogen-bond donors (Lipinski definition) is 2. The van der Waals surface area contributed by atoms with Crippen LogP contribution in [0.3, 0.4) is 0 Å². The van der Waals surface area contributed by atoms with Crippen LogP contribution < -0.4 is 10.6 Å². The average molecular weight is 289 g/mol. The Balaban J connectivity index is 1.45. The lowest BCUT2D eigenvalue weighted by molar-refractivity contribution is 0.722. The maximum absolute atomic E-state index is 4.34. The van der Waals surface area contributed by atoms with Crippen LogP contribution in [0.15, 0.2) is 35.3 Å². The highest BCUT2D eigenvalue weighted by Crippen LogP contribution is 2.40. The van der Waals surface area contributed by atoms with Crippen LogP contribution in [-0.4, -0.2) is 36.6 Å². The SMILES string of the molecule is CN=C(NCC1CCCS1)NC1CC1c1ccccc1. The van der Waals surface area contributed by atoms with Crippen molar-refractivity contribution in [1.29, 1.82) is 0 Å². The van der Waals surface area contributed by atoms with Gasteiger partial charge in [-0.15, -0.1) is 0 Å². The van der Waals surface area contributed by atoms with E-state index >= 15 is 0 Å². The van der Waals surface area contributed by atoms with Gasteiger partial charge in [-0.3, -0.25) is 4.99 Å². The molecule has 1 saturated carbocycles. The predicted molar refractivity (Wildman–Crippen MR) is 87.6 cm³/mol. The van der Waals surface area contributed by atoms with Gasteiger partial charge in [0.1, 0.15) is 0 Å². The van der Waals surface area contributed by atoms with Crippen molar-refractivity contribution in [3.8, 4) is 0 Å². The Morgan fingerprint density at radius 3 is 2.90 bits per heavy atom. The molecule has 0 bridgehead atoms. The van der Waals surface area contributed by atoms with E-state index in [1.165, 1.54) is 30.6 Å². The average Bonchev–Trinajstić information content (AvgIpc) is 3.06. The standard InChI is InChI=1S/C16H23N3S/c1-17-16(18-11-13-8-5-9-20-13)19-15-10-14(15)12-6-3-2-4-7-12/h2-4,6-7,13-15H,5,8-11H2,1H3,(H2,17,18,19). The van der Waals surface area contributed by atoms with Crippen LogP contribution in [-0.2, 0) is 0 Å². The van der Waals surface area contributed by atoms with Crippen molar-refractivity contribution in [2.24, 2.45) is 4.99 Å². The first-order valence-corrected chi connectivity index (χ1v) is 8.55. The smallest absolute Gasteiger partial charge is 0.191 e. The molecule has 0 aromatic heterocycles. The van der Waals surface area contributed by atoms with E-state index in [0.717, 1.165) is 17.8 Å². The van der Waals surface area contributed by atoms with Crippen LogP contribution in [0.2, 0.25) is 0 Å². The predicted octanol–water partition coefficient (Wildman–Crippen LogP) is 2.60. The largest absolute Gasteiger partial charge is 0.355 e. The van der Waals surface area contributed by atoms with Crippen LogP contribution >= 0.6 is 11.8 Å². The Morgan fingerprint density at radius 1 is 1.35 bits per heavy atom. The first-order chi connectivity index (χ1) is 9.86. The summed E-state index contributed by atoms with van der Waals surface area (Å²) in [5, 5.41) is 7.78. The van der Waals surface area contributed by atoms with Crippen molar-refractivity contribution in [2.45, 2.75) is 36.5 Å². The number of guanidine groups is 1. The van der Waals surface area contributed by atoms with E-state index in [1.54, 1.807) is 0 Å². The van der Waals surface area contributed by atoms with E-state index in [4.69, 9.17) is 0 Å². The molecule has 1 heterocycles. The second-order valence-corrected chi connectivity index (χ2v) is 7.00. The third-order valence-electron chi connectivity index (χ3n) is 4.09. The van der Waals surface area contributed by atoms with E-state index < -0.39 is 0 Å². The monoisotopic (exact) mass is 289 g/mol. The topological polar surface area (TPSA) is 36.4 Å². The molecular formula is C16H23N3S. The summed E-state index contributed by atoms with van der Waals surface area (Å²) in [5.41, 5.74) is 1.44. The van der Waals surface area contributed by atoms with E-state index in [1.807, 2.05) is 7.05 Å².